The van der Waals surface area contributed by atoms with Crippen LogP contribution in [0.25, 0.3) is 0 Å². The number of carbonyl (C=O) groups excluding carboxylic acids is 1. The van der Waals surface area contributed by atoms with Crippen LogP contribution in [0.1, 0.15) is 12.5 Å². The Balaban J connectivity index is 2.99. The minimum absolute atomic E-state index is 0.400. The molecule has 0 aliphatic rings. The fraction of sp³-hybridized carbons (Fsp3) is 0.273. The van der Waals surface area contributed by atoms with E-state index in [-0.39, 0.29) is 0 Å². The van der Waals surface area contributed by atoms with Crippen LogP contribution in [0.3, 0.4) is 0 Å². The van der Waals surface area contributed by atoms with Gasteiger partial charge in [-0.2, -0.15) is 5.10 Å². The Morgan fingerprint density at radius 2 is 2.33 bits per heavy atom. The van der Waals surface area contributed by atoms with Gasteiger partial charge in [-0.1, -0.05) is 11.6 Å². The molecule has 1 aromatic rings. The fourth-order valence-corrected chi connectivity index (χ4v) is 1.54. The number of carbonyl (C=O) groups is 1. The summed E-state index contributed by atoms with van der Waals surface area (Å²) in [5.74, 6) is 0.964. The lowest BCUT2D eigenvalue weighted by atomic mass is 10.2. The van der Waals surface area contributed by atoms with E-state index in [1.807, 2.05) is 6.92 Å². The highest BCUT2D eigenvalue weighted by atomic mass is 35.5. The summed E-state index contributed by atoms with van der Waals surface area (Å²) in [6.07, 6.45) is 1.40. The molecule has 0 heterocycles. The van der Waals surface area contributed by atoms with Crippen molar-refractivity contribution in [1.82, 2.24) is 5.43 Å². The molecule has 1 aromatic carbocycles. The van der Waals surface area contributed by atoms with Gasteiger partial charge in [-0.15, -0.1) is 0 Å². The van der Waals surface area contributed by atoms with E-state index in [1.165, 1.54) is 13.3 Å². The Bertz CT molecular complexity index is 463. The molecule has 6 nitrogen and oxygen atoms in total. The predicted octanol–water partition coefficient (Wildman–Crippen LogP) is 1.75. The van der Waals surface area contributed by atoms with E-state index in [1.54, 1.807) is 12.1 Å². The summed E-state index contributed by atoms with van der Waals surface area (Å²) in [6, 6.07) is 2.58. The lowest BCUT2D eigenvalue weighted by Crippen LogP contribution is -2.24. The SMILES string of the molecule is CCOc1c(Cl)cc(/C=N\NC(N)=O)cc1OC. The number of primary amides is 1. The first-order valence-electron chi connectivity index (χ1n) is 5.17. The Morgan fingerprint density at radius 3 is 2.89 bits per heavy atom. The van der Waals surface area contributed by atoms with E-state index in [2.05, 4.69) is 10.5 Å². The van der Waals surface area contributed by atoms with Gasteiger partial charge in [0.05, 0.1) is 25.0 Å². The molecule has 7 heteroatoms. The highest BCUT2D eigenvalue weighted by Crippen LogP contribution is 2.35. The smallest absolute Gasteiger partial charge is 0.332 e. The Labute approximate surface area is 110 Å². The number of urea groups is 1. The number of hydrazone groups is 1. The maximum Gasteiger partial charge on any atom is 0.332 e. The lowest BCUT2D eigenvalue weighted by Gasteiger charge is -2.11. The van der Waals surface area contributed by atoms with Crippen molar-refractivity contribution in [3.05, 3.63) is 22.7 Å². The zero-order valence-corrected chi connectivity index (χ0v) is 10.8. The molecule has 0 saturated carbocycles. The number of hydrogen-bond acceptors (Lipinski definition) is 4. The monoisotopic (exact) mass is 271 g/mol. The summed E-state index contributed by atoms with van der Waals surface area (Å²) in [6.45, 7) is 2.33. The zero-order valence-electron chi connectivity index (χ0n) is 10.1. The van der Waals surface area contributed by atoms with E-state index >= 15 is 0 Å². The Hall–Kier alpha value is -1.95. The maximum absolute atomic E-state index is 10.4. The van der Waals surface area contributed by atoms with Crippen molar-refractivity contribution in [2.75, 3.05) is 13.7 Å². The van der Waals surface area contributed by atoms with Crippen molar-refractivity contribution in [2.45, 2.75) is 6.92 Å². The Kier molecular flexibility index (Phi) is 5.26. The molecule has 0 spiro atoms. The molecular formula is C11H14ClN3O3. The first kappa shape index (κ1) is 14.1. The number of nitrogens with one attached hydrogen (secondary N) is 1. The largest absolute Gasteiger partial charge is 0.493 e. The van der Waals surface area contributed by atoms with Crippen LogP contribution in [-0.4, -0.2) is 26.0 Å². The number of benzene rings is 1. The highest BCUT2D eigenvalue weighted by Gasteiger charge is 2.10. The van der Waals surface area contributed by atoms with E-state index in [0.29, 0.717) is 28.7 Å². The molecule has 98 valence electrons. The fourth-order valence-electron chi connectivity index (χ4n) is 1.27. The molecule has 0 atom stereocenters. The first-order valence-corrected chi connectivity index (χ1v) is 5.55. The summed E-state index contributed by atoms with van der Waals surface area (Å²) >= 11 is 6.05. The normalized spacial score (nSPS) is 10.4. The van der Waals surface area contributed by atoms with E-state index in [4.69, 9.17) is 26.8 Å². The predicted molar refractivity (Wildman–Crippen MR) is 69.5 cm³/mol. The van der Waals surface area contributed by atoms with Gasteiger partial charge in [0.1, 0.15) is 0 Å². The summed E-state index contributed by atoms with van der Waals surface area (Å²) in [5.41, 5.74) is 7.60. The van der Waals surface area contributed by atoms with Crippen molar-refractivity contribution in [2.24, 2.45) is 10.8 Å². The molecule has 3 N–H and O–H groups in total. The van der Waals surface area contributed by atoms with E-state index in [9.17, 15) is 4.79 Å². The van der Waals surface area contributed by atoms with Crippen LogP contribution in [0.5, 0.6) is 11.5 Å². The number of nitrogens with two attached hydrogens (primary N) is 1. The van der Waals surface area contributed by atoms with Crippen LogP contribution in [0.4, 0.5) is 4.79 Å². The summed E-state index contributed by atoms with van der Waals surface area (Å²) in [4.78, 5) is 10.4. The summed E-state index contributed by atoms with van der Waals surface area (Å²) in [7, 11) is 1.51. The second kappa shape index (κ2) is 6.70. The number of hydrogen-bond donors (Lipinski definition) is 2. The molecule has 0 aliphatic carbocycles. The van der Waals surface area contributed by atoms with Crippen LogP contribution < -0.4 is 20.6 Å². The maximum atomic E-state index is 10.4. The van der Waals surface area contributed by atoms with Gasteiger partial charge in [-0.25, -0.2) is 10.2 Å². The number of halogens is 1. The number of ether oxygens (including phenoxy) is 2. The molecule has 0 radical (unpaired) electrons. The third-order valence-corrected chi connectivity index (χ3v) is 2.21. The van der Waals surface area contributed by atoms with Crippen molar-refractivity contribution in [3.63, 3.8) is 0 Å². The second-order valence-electron chi connectivity index (χ2n) is 3.20. The zero-order chi connectivity index (χ0) is 13.5. The van der Waals surface area contributed by atoms with Crippen molar-refractivity contribution >= 4 is 23.8 Å². The number of nitrogens with zero attached hydrogens (tertiary/aromatic N) is 1. The van der Waals surface area contributed by atoms with Gasteiger partial charge in [0, 0.05) is 0 Å². The minimum atomic E-state index is -0.741. The van der Waals surface area contributed by atoms with Crippen molar-refractivity contribution in [3.8, 4) is 11.5 Å². The van der Waals surface area contributed by atoms with Gasteiger partial charge in [-0.3, -0.25) is 0 Å². The average Bonchev–Trinajstić information content (AvgIpc) is 2.31. The van der Waals surface area contributed by atoms with Gasteiger partial charge < -0.3 is 15.2 Å². The molecule has 1 rings (SSSR count). The van der Waals surface area contributed by atoms with Gasteiger partial charge in [0.15, 0.2) is 11.5 Å². The average molecular weight is 272 g/mol. The van der Waals surface area contributed by atoms with Crippen LogP contribution >= 0.6 is 11.6 Å². The minimum Gasteiger partial charge on any atom is -0.493 e. The molecular weight excluding hydrogens is 258 g/mol. The van der Waals surface area contributed by atoms with Gasteiger partial charge in [0.25, 0.3) is 0 Å². The van der Waals surface area contributed by atoms with Crippen LogP contribution in [0.15, 0.2) is 17.2 Å². The quantitative estimate of drug-likeness (QED) is 0.632. The number of rotatable bonds is 5. The van der Waals surface area contributed by atoms with Gasteiger partial charge in [-0.05, 0) is 24.6 Å². The molecule has 0 unspecified atom stereocenters. The molecule has 0 aromatic heterocycles. The summed E-state index contributed by atoms with van der Waals surface area (Å²) in [5, 5.41) is 4.03. The van der Waals surface area contributed by atoms with Crippen molar-refractivity contribution in [1.29, 1.82) is 0 Å². The first-order chi connectivity index (χ1) is 8.58. The topological polar surface area (TPSA) is 85.9 Å². The third kappa shape index (κ3) is 3.81. The van der Waals surface area contributed by atoms with E-state index in [0.717, 1.165) is 0 Å². The van der Waals surface area contributed by atoms with Gasteiger partial charge >= 0.3 is 6.03 Å². The highest BCUT2D eigenvalue weighted by molar-refractivity contribution is 6.32. The Morgan fingerprint density at radius 1 is 1.61 bits per heavy atom. The van der Waals surface area contributed by atoms with E-state index < -0.39 is 6.03 Å². The molecule has 0 bridgehead atoms. The van der Waals surface area contributed by atoms with Crippen molar-refractivity contribution < 1.29 is 14.3 Å². The number of methoxy groups -OCH3 is 1. The van der Waals surface area contributed by atoms with Crippen LogP contribution in [0.2, 0.25) is 5.02 Å². The number of amides is 2. The third-order valence-electron chi connectivity index (χ3n) is 1.93. The summed E-state index contributed by atoms with van der Waals surface area (Å²) < 4.78 is 10.5. The molecule has 0 aliphatic heterocycles. The lowest BCUT2D eigenvalue weighted by molar-refractivity contribution is 0.249. The molecule has 18 heavy (non-hydrogen) atoms. The molecule has 0 fully saturated rings. The van der Waals surface area contributed by atoms with Crippen LogP contribution in [0, 0.1) is 0 Å². The standard InChI is InChI=1S/C11H14ClN3O3/c1-3-18-10-8(12)4-7(5-9(10)17-2)6-14-15-11(13)16/h4-6H,3H2,1-2H3,(H3,13,15,16)/b14-6-. The van der Waals surface area contributed by atoms with Crippen LogP contribution in [-0.2, 0) is 0 Å². The second-order valence-corrected chi connectivity index (χ2v) is 3.61. The molecule has 0 saturated heterocycles. The molecule has 2 amide bonds. The van der Waals surface area contributed by atoms with Gasteiger partial charge in [0.2, 0.25) is 0 Å².